The molecule has 7 heteroatoms. The molecule has 0 saturated heterocycles. The van der Waals surface area contributed by atoms with Crippen molar-refractivity contribution in [3.05, 3.63) is 46.3 Å². The summed E-state index contributed by atoms with van der Waals surface area (Å²) in [6.45, 7) is 2.05. The van der Waals surface area contributed by atoms with Crippen LogP contribution >= 0.6 is 34.7 Å². The quantitative estimate of drug-likeness (QED) is 0.729. The molecule has 0 fully saturated rings. The average molecular weight is 323 g/mol. The van der Waals surface area contributed by atoms with Crippen LogP contribution in [0, 0.1) is 6.92 Å². The predicted molar refractivity (Wildman–Crippen MR) is 84.3 cm³/mol. The van der Waals surface area contributed by atoms with E-state index >= 15 is 0 Å². The van der Waals surface area contributed by atoms with Gasteiger partial charge >= 0.3 is 0 Å². The van der Waals surface area contributed by atoms with E-state index in [9.17, 15) is 0 Å². The Morgan fingerprint density at radius 3 is 2.70 bits per heavy atom. The van der Waals surface area contributed by atoms with Gasteiger partial charge < -0.3 is 5.32 Å². The fraction of sp³-hybridized carbons (Fsp3) is 0.0769. The van der Waals surface area contributed by atoms with Gasteiger partial charge in [-0.15, -0.1) is 16.4 Å². The van der Waals surface area contributed by atoms with Crippen molar-refractivity contribution < 1.29 is 0 Å². The Kier molecular flexibility index (Phi) is 3.95. The van der Waals surface area contributed by atoms with Crippen LogP contribution < -0.4 is 5.32 Å². The Hall–Kier alpha value is -1.50. The Labute approximate surface area is 129 Å². The van der Waals surface area contributed by atoms with Gasteiger partial charge in [-0.3, -0.25) is 0 Å². The number of nitrogens with zero attached hydrogens (tertiary/aromatic N) is 2. The molecule has 0 spiro atoms. The normalized spacial score (nSPS) is 10.7. The van der Waals surface area contributed by atoms with E-state index in [2.05, 4.69) is 27.4 Å². The zero-order valence-electron chi connectivity index (χ0n) is 10.6. The van der Waals surface area contributed by atoms with Gasteiger partial charge in [-0.25, -0.2) is 5.10 Å². The molecule has 102 valence electrons. The van der Waals surface area contributed by atoms with Gasteiger partial charge in [-0.2, -0.15) is 4.98 Å². The third-order valence-corrected chi connectivity index (χ3v) is 4.75. The number of anilines is 2. The molecule has 0 bridgehead atoms. The number of hydrogen-bond donors (Lipinski definition) is 2. The minimum atomic E-state index is 0.624. The summed E-state index contributed by atoms with van der Waals surface area (Å²) in [4.78, 5) is 4.38. The smallest absolute Gasteiger partial charge is 0.223 e. The van der Waals surface area contributed by atoms with E-state index in [-0.39, 0.29) is 0 Å². The average Bonchev–Trinajstić information content (AvgIpc) is 3.02. The monoisotopic (exact) mass is 322 g/mol. The first kappa shape index (κ1) is 13.5. The molecule has 0 amide bonds. The van der Waals surface area contributed by atoms with Gasteiger partial charge in [0.2, 0.25) is 11.1 Å². The number of rotatable bonds is 4. The first-order valence-corrected chi connectivity index (χ1v) is 7.89. The van der Waals surface area contributed by atoms with Gasteiger partial charge in [0.1, 0.15) is 0 Å². The summed E-state index contributed by atoms with van der Waals surface area (Å²) in [5.74, 6) is 0.624. The van der Waals surface area contributed by atoms with Crippen molar-refractivity contribution in [2.45, 2.75) is 16.3 Å². The number of benzene rings is 1. The van der Waals surface area contributed by atoms with Gasteiger partial charge in [0.05, 0.1) is 8.55 Å². The lowest BCUT2D eigenvalue weighted by atomic mass is 10.2. The number of aryl methyl sites for hydroxylation is 1. The highest BCUT2D eigenvalue weighted by molar-refractivity contribution is 8.01. The Balaban J connectivity index is 1.68. The van der Waals surface area contributed by atoms with Crippen LogP contribution in [0.25, 0.3) is 0 Å². The maximum Gasteiger partial charge on any atom is 0.223 e. The second-order valence-electron chi connectivity index (χ2n) is 4.12. The standard InChI is InChI=1S/C13H11ClN4S2/c1-8-2-4-9(5-3-8)15-12-16-13(18-17-12)20-11-7-6-10(14)19-11/h2-7H,1H3,(H2,15,16,17,18). The molecule has 20 heavy (non-hydrogen) atoms. The molecular formula is C13H11ClN4S2. The van der Waals surface area contributed by atoms with Crippen LogP contribution in [-0.4, -0.2) is 15.2 Å². The van der Waals surface area contributed by atoms with Crippen molar-refractivity contribution in [2.75, 3.05) is 5.32 Å². The molecule has 4 nitrogen and oxygen atoms in total. The number of aromatic nitrogens is 3. The summed E-state index contributed by atoms with van der Waals surface area (Å²) in [7, 11) is 0. The Bertz CT molecular complexity index is 705. The minimum Gasteiger partial charge on any atom is -0.325 e. The first-order valence-electron chi connectivity index (χ1n) is 5.88. The number of halogens is 1. The molecule has 0 saturated carbocycles. The highest BCUT2D eigenvalue weighted by Gasteiger charge is 2.07. The summed E-state index contributed by atoms with van der Waals surface area (Å²) < 4.78 is 1.83. The summed E-state index contributed by atoms with van der Waals surface area (Å²) in [6, 6.07) is 11.9. The topological polar surface area (TPSA) is 53.6 Å². The van der Waals surface area contributed by atoms with Crippen LogP contribution in [0.5, 0.6) is 0 Å². The second-order valence-corrected chi connectivity index (χ2v) is 7.10. The van der Waals surface area contributed by atoms with Gasteiger partial charge in [0.25, 0.3) is 0 Å². The fourth-order valence-electron chi connectivity index (χ4n) is 1.56. The molecule has 0 radical (unpaired) electrons. The molecule has 2 heterocycles. The number of nitrogens with one attached hydrogen (secondary N) is 2. The molecule has 0 aliphatic heterocycles. The summed E-state index contributed by atoms with van der Waals surface area (Å²) in [5.41, 5.74) is 2.20. The molecular weight excluding hydrogens is 312 g/mol. The van der Waals surface area contributed by atoms with Crippen LogP contribution in [0.4, 0.5) is 11.6 Å². The Morgan fingerprint density at radius 2 is 2.00 bits per heavy atom. The maximum absolute atomic E-state index is 5.90. The highest BCUT2D eigenvalue weighted by Crippen LogP contribution is 2.33. The molecule has 0 aliphatic rings. The van der Waals surface area contributed by atoms with E-state index in [1.54, 1.807) is 0 Å². The van der Waals surface area contributed by atoms with Gasteiger partial charge in [-0.1, -0.05) is 29.3 Å². The number of H-pyrrole nitrogens is 1. The van der Waals surface area contributed by atoms with Crippen LogP contribution in [-0.2, 0) is 0 Å². The van der Waals surface area contributed by atoms with Crippen LogP contribution in [0.15, 0.2) is 45.8 Å². The molecule has 3 aromatic rings. The molecule has 2 N–H and O–H groups in total. The molecule has 0 atom stereocenters. The lowest BCUT2D eigenvalue weighted by Crippen LogP contribution is -1.92. The van der Waals surface area contributed by atoms with Crippen LogP contribution in [0.2, 0.25) is 4.34 Å². The van der Waals surface area contributed by atoms with E-state index in [0.717, 1.165) is 14.2 Å². The highest BCUT2D eigenvalue weighted by atomic mass is 35.5. The van der Waals surface area contributed by atoms with Crippen molar-refractivity contribution >= 4 is 46.3 Å². The van der Waals surface area contributed by atoms with Crippen molar-refractivity contribution in [1.29, 1.82) is 0 Å². The van der Waals surface area contributed by atoms with E-state index in [1.807, 2.05) is 36.4 Å². The lowest BCUT2D eigenvalue weighted by Gasteiger charge is -2.01. The molecule has 0 unspecified atom stereocenters. The van der Waals surface area contributed by atoms with Crippen LogP contribution in [0.1, 0.15) is 5.56 Å². The molecule has 3 rings (SSSR count). The SMILES string of the molecule is Cc1ccc(Nc2nc(Sc3ccc(Cl)s3)n[nH]2)cc1. The van der Waals surface area contributed by atoms with Crippen molar-refractivity contribution in [1.82, 2.24) is 15.2 Å². The van der Waals surface area contributed by atoms with Gasteiger partial charge in [0.15, 0.2) is 0 Å². The van der Waals surface area contributed by atoms with E-state index < -0.39 is 0 Å². The van der Waals surface area contributed by atoms with Gasteiger partial charge in [-0.05, 0) is 43.0 Å². The van der Waals surface area contributed by atoms with Crippen molar-refractivity contribution in [3.63, 3.8) is 0 Å². The molecule has 2 aromatic heterocycles. The number of hydrogen-bond acceptors (Lipinski definition) is 5. The summed E-state index contributed by atoms with van der Waals surface area (Å²) >= 11 is 8.89. The number of aromatic amines is 1. The largest absolute Gasteiger partial charge is 0.325 e. The minimum absolute atomic E-state index is 0.624. The first-order chi connectivity index (χ1) is 9.69. The number of thiophene rings is 1. The van der Waals surface area contributed by atoms with Crippen LogP contribution in [0.3, 0.4) is 0 Å². The lowest BCUT2D eigenvalue weighted by molar-refractivity contribution is 0.975. The van der Waals surface area contributed by atoms with E-state index in [1.165, 1.54) is 28.7 Å². The third-order valence-electron chi connectivity index (χ3n) is 2.52. The fourth-order valence-corrected chi connectivity index (χ4v) is 3.68. The van der Waals surface area contributed by atoms with Crippen molar-refractivity contribution in [3.8, 4) is 0 Å². The Morgan fingerprint density at radius 1 is 1.20 bits per heavy atom. The second kappa shape index (κ2) is 5.87. The predicted octanol–water partition coefficient (Wildman–Crippen LogP) is 4.72. The zero-order chi connectivity index (χ0) is 13.9. The molecule has 1 aromatic carbocycles. The third kappa shape index (κ3) is 3.33. The molecule has 0 aliphatic carbocycles. The zero-order valence-corrected chi connectivity index (χ0v) is 12.9. The summed E-state index contributed by atoms with van der Waals surface area (Å²) in [5, 5.41) is 10.9. The van der Waals surface area contributed by atoms with Crippen molar-refractivity contribution in [2.24, 2.45) is 0 Å². The summed E-state index contributed by atoms with van der Waals surface area (Å²) in [6.07, 6.45) is 0. The van der Waals surface area contributed by atoms with E-state index in [0.29, 0.717) is 11.1 Å². The van der Waals surface area contributed by atoms with Gasteiger partial charge in [0, 0.05) is 5.69 Å². The maximum atomic E-state index is 5.90. The van der Waals surface area contributed by atoms with E-state index in [4.69, 9.17) is 11.6 Å².